The third-order valence-electron chi connectivity index (χ3n) is 0.153. The van der Waals surface area contributed by atoms with Gasteiger partial charge in [-0.05, 0) is 0 Å². The Labute approximate surface area is 38.8 Å². The molecule has 0 aliphatic heterocycles. The molecule has 0 saturated heterocycles. The van der Waals surface area contributed by atoms with E-state index in [1.807, 2.05) is 0 Å². The average molecular weight is 107 g/mol. The average Bonchev–Trinajstić information content (AvgIpc) is 1.65. The minimum Gasteiger partial charge on any atom is -0.276 e. The molecule has 0 rings (SSSR count). The lowest BCUT2D eigenvalue weighted by Gasteiger charge is -1.76. The van der Waals surface area contributed by atoms with Crippen LogP contribution in [0, 0.1) is 0 Å². The second-order valence-corrected chi connectivity index (χ2v) is 0.631. The summed E-state index contributed by atoms with van der Waals surface area (Å²) >= 11 is 3.76. The van der Waals surface area contributed by atoms with Gasteiger partial charge >= 0.3 is 6.09 Å². The molecule has 1 amide bonds. The summed E-state index contributed by atoms with van der Waals surface area (Å²) in [6.45, 7) is 0. The Bertz CT molecular complexity index is 71.2. The molecule has 0 atom stereocenters. The molecular weight excluding hydrogens is 106 g/mol. The standard InChI is InChI=1S/CHNO3S/c3-1(2-6)5-4/h4H. The summed E-state index contributed by atoms with van der Waals surface area (Å²) in [7, 11) is 0. The van der Waals surface area contributed by atoms with Crippen molar-refractivity contribution in [2.75, 3.05) is 0 Å². The number of nitrogens with zero attached hydrogens (tertiary/aromatic N) is 1. The van der Waals surface area contributed by atoms with Crippen molar-refractivity contribution < 1.29 is 14.9 Å². The fourth-order valence-corrected chi connectivity index (χ4v) is 0.0500. The number of carbonyl (C=O) groups is 1. The van der Waals surface area contributed by atoms with Gasteiger partial charge in [0.15, 0.2) is 0 Å². The molecule has 0 fully saturated rings. The molecule has 0 aromatic heterocycles. The van der Waals surface area contributed by atoms with Crippen LogP contribution >= 0.6 is 0 Å². The van der Waals surface area contributed by atoms with Gasteiger partial charge in [-0.25, -0.2) is 4.79 Å². The maximum Gasteiger partial charge on any atom is 0.476 e. The molecule has 34 valence electrons. The van der Waals surface area contributed by atoms with Gasteiger partial charge in [-0.3, -0.25) is 4.89 Å². The van der Waals surface area contributed by atoms with Gasteiger partial charge in [-0.15, -0.1) is 4.36 Å². The Kier molecular flexibility index (Phi) is 2.43. The van der Waals surface area contributed by atoms with E-state index in [9.17, 15) is 4.79 Å². The van der Waals surface area contributed by atoms with Crippen molar-refractivity contribution in [3.05, 3.63) is 0 Å². The lowest BCUT2D eigenvalue weighted by atomic mass is 11.3. The third kappa shape index (κ3) is 1.74. The Hall–Kier alpha value is -0.550. The van der Waals surface area contributed by atoms with Crippen molar-refractivity contribution in [3.8, 4) is 0 Å². The van der Waals surface area contributed by atoms with E-state index in [0.717, 1.165) is 0 Å². The highest BCUT2D eigenvalue weighted by Crippen LogP contribution is 1.72. The summed E-state index contributed by atoms with van der Waals surface area (Å²) in [5.74, 6) is 0. The predicted molar refractivity (Wildman–Crippen MR) is 18.9 cm³/mol. The van der Waals surface area contributed by atoms with E-state index in [4.69, 9.17) is 5.26 Å². The molecule has 0 unspecified atom stereocenters. The maximum absolute atomic E-state index is 9.44. The highest BCUT2D eigenvalue weighted by Gasteiger charge is 1.89. The zero-order valence-corrected chi connectivity index (χ0v) is 3.44. The smallest absolute Gasteiger partial charge is 0.276 e. The third-order valence-corrected chi connectivity index (χ3v) is 0.302. The van der Waals surface area contributed by atoms with Crippen LogP contribution in [0.3, 0.4) is 0 Å². The predicted octanol–water partition coefficient (Wildman–Crippen LogP) is 0.327. The minimum atomic E-state index is -1.16. The first-order chi connectivity index (χ1) is 2.81. The van der Waals surface area contributed by atoms with Crippen molar-refractivity contribution in [2.45, 2.75) is 0 Å². The van der Waals surface area contributed by atoms with Gasteiger partial charge in [0.05, 0.1) is 0 Å². The Morgan fingerprint density at radius 3 is 2.50 bits per heavy atom. The van der Waals surface area contributed by atoms with Crippen LogP contribution < -0.4 is 0 Å². The van der Waals surface area contributed by atoms with Crippen LogP contribution in [0.2, 0.25) is 0 Å². The van der Waals surface area contributed by atoms with Crippen LogP contribution in [0.5, 0.6) is 0 Å². The van der Waals surface area contributed by atoms with E-state index in [1.54, 1.807) is 0 Å². The van der Waals surface area contributed by atoms with E-state index in [-0.39, 0.29) is 0 Å². The topological polar surface area (TPSA) is 58.9 Å². The molecule has 0 spiro atoms. The molecule has 0 aromatic rings. The summed E-state index contributed by atoms with van der Waals surface area (Å²) in [6.07, 6.45) is -1.16. The molecule has 5 heteroatoms. The molecule has 4 nitrogen and oxygen atoms in total. The molecule has 0 radical (unpaired) electrons. The number of carbonyl (C=O) groups excluding carboxylic acids is 1. The van der Waals surface area contributed by atoms with Crippen LogP contribution in [-0.2, 0) is 17.3 Å². The highest BCUT2D eigenvalue weighted by molar-refractivity contribution is 7.47. The normalized spacial score (nSPS) is 6.83. The first kappa shape index (κ1) is 5.45. The van der Waals surface area contributed by atoms with Gasteiger partial charge in [-0.2, -0.15) is 5.26 Å². The Balaban J connectivity index is 3.23. The van der Waals surface area contributed by atoms with Gasteiger partial charge in [0, 0.05) is 12.4 Å². The number of amides is 1. The van der Waals surface area contributed by atoms with Gasteiger partial charge in [0.1, 0.15) is 0 Å². The lowest BCUT2D eigenvalue weighted by molar-refractivity contribution is -0.174. The van der Waals surface area contributed by atoms with Crippen molar-refractivity contribution >= 4 is 18.5 Å². The lowest BCUT2D eigenvalue weighted by Crippen LogP contribution is -1.88. The second-order valence-electron chi connectivity index (χ2n) is 0.448. The maximum atomic E-state index is 9.44. The van der Waals surface area contributed by atoms with E-state index in [1.165, 1.54) is 0 Å². The van der Waals surface area contributed by atoms with Gasteiger partial charge in [0.25, 0.3) is 0 Å². The van der Waals surface area contributed by atoms with Crippen molar-refractivity contribution in [1.82, 2.24) is 0 Å². The highest BCUT2D eigenvalue weighted by atomic mass is 32.1. The summed E-state index contributed by atoms with van der Waals surface area (Å²) in [5, 5.41) is 7.32. The Morgan fingerprint density at radius 1 is 2.00 bits per heavy atom. The largest absolute Gasteiger partial charge is 0.476 e. The first-order valence-electron chi connectivity index (χ1n) is 0.997. The fraction of sp³-hybridized carbons (Fsp3) is 0. The van der Waals surface area contributed by atoms with Crippen LogP contribution in [0.4, 0.5) is 4.79 Å². The van der Waals surface area contributed by atoms with Gasteiger partial charge < -0.3 is 0 Å². The zero-order valence-electron chi connectivity index (χ0n) is 2.62. The summed E-state index contributed by atoms with van der Waals surface area (Å²) in [4.78, 5) is 12.4. The molecule has 0 bridgehead atoms. The second kappa shape index (κ2) is 2.67. The van der Waals surface area contributed by atoms with Crippen LogP contribution in [-0.4, -0.2) is 11.4 Å². The first-order valence-corrected chi connectivity index (χ1v) is 1.36. The van der Waals surface area contributed by atoms with Crippen LogP contribution in [0.25, 0.3) is 0 Å². The number of rotatable bonds is 0. The molecular formula is CHNO3S. The van der Waals surface area contributed by atoms with Crippen molar-refractivity contribution in [3.63, 3.8) is 0 Å². The molecule has 0 aromatic carbocycles. The number of hydrogen-bond acceptors (Lipinski definition) is 4. The van der Waals surface area contributed by atoms with E-state index < -0.39 is 6.09 Å². The van der Waals surface area contributed by atoms with E-state index >= 15 is 0 Å². The van der Waals surface area contributed by atoms with Gasteiger partial charge in [-0.1, -0.05) is 0 Å². The molecule has 6 heavy (non-hydrogen) atoms. The van der Waals surface area contributed by atoms with Gasteiger partial charge in [0.2, 0.25) is 0 Å². The quantitative estimate of drug-likeness (QED) is 0.358. The Morgan fingerprint density at radius 2 is 2.50 bits per heavy atom. The molecule has 0 heterocycles. The minimum absolute atomic E-state index is 1.16. The van der Waals surface area contributed by atoms with Crippen LogP contribution in [0.15, 0.2) is 4.36 Å². The zero-order chi connectivity index (χ0) is 4.99. The molecule has 0 aliphatic rings. The molecule has 1 N–H and O–H groups in total. The van der Waals surface area contributed by atoms with Crippen LogP contribution in [0.1, 0.15) is 0 Å². The van der Waals surface area contributed by atoms with E-state index in [2.05, 4.69) is 21.7 Å². The molecule has 0 aliphatic carbocycles. The molecule has 0 saturated carbocycles. The van der Waals surface area contributed by atoms with Crippen molar-refractivity contribution in [1.29, 1.82) is 0 Å². The monoisotopic (exact) mass is 107 g/mol. The van der Waals surface area contributed by atoms with E-state index in [0.29, 0.717) is 0 Å². The summed E-state index contributed by atoms with van der Waals surface area (Å²) in [5.41, 5.74) is 0. The summed E-state index contributed by atoms with van der Waals surface area (Å²) < 4.78 is 2.48. The SMILES string of the molecule is O=C(N=S)OO. The summed E-state index contributed by atoms with van der Waals surface area (Å²) in [6, 6.07) is 0. The van der Waals surface area contributed by atoms with Crippen molar-refractivity contribution in [2.24, 2.45) is 4.36 Å². The number of hydrogen-bond donors (Lipinski definition) is 1. The fourth-order valence-electron chi connectivity index (χ4n) is 0.0167.